The minimum absolute atomic E-state index is 0.321. The molecule has 0 aromatic heterocycles. The fraction of sp³-hybridized carbons (Fsp3) is 0.875. The fourth-order valence-corrected chi connectivity index (χ4v) is 1.29. The first-order valence-electron chi connectivity index (χ1n) is 4.53. The van der Waals surface area contributed by atoms with Gasteiger partial charge in [0.2, 0.25) is 0 Å². The molecule has 1 heterocycles. The molecule has 5 nitrogen and oxygen atoms in total. The molecular weight excluding hydrogens is 172 g/mol. The zero-order valence-corrected chi connectivity index (χ0v) is 7.62. The predicted molar refractivity (Wildman–Crippen MR) is 47.4 cm³/mol. The van der Waals surface area contributed by atoms with E-state index < -0.39 is 6.09 Å². The summed E-state index contributed by atoms with van der Waals surface area (Å²) in [6, 6.07) is 0. The van der Waals surface area contributed by atoms with E-state index in [2.05, 4.69) is 10.1 Å². The number of carbonyl (C=O) groups is 1. The summed E-state index contributed by atoms with van der Waals surface area (Å²) in [4.78, 5) is 10.2. The average Bonchev–Trinajstić information content (AvgIpc) is 2.55. The summed E-state index contributed by atoms with van der Waals surface area (Å²) in [5, 5.41) is 3.12. The Morgan fingerprint density at radius 1 is 1.69 bits per heavy atom. The van der Waals surface area contributed by atoms with Crippen molar-refractivity contribution in [2.24, 2.45) is 5.73 Å². The number of ether oxygens (including phenoxy) is 2. The highest BCUT2D eigenvalue weighted by molar-refractivity contribution is 5.64. The van der Waals surface area contributed by atoms with E-state index >= 15 is 0 Å². The highest BCUT2D eigenvalue weighted by atomic mass is 16.5. The van der Waals surface area contributed by atoms with Crippen LogP contribution in [-0.2, 0) is 9.47 Å². The van der Waals surface area contributed by atoms with Crippen LogP contribution in [0.3, 0.4) is 0 Å². The maximum Gasteiger partial charge on any atom is 0.404 e. The van der Waals surface area contributed by atoms with Gasteiger partial charge in [-0.3, -0.25) is 0 Å². The van der Waals surface area contributed by atoms with Crippen molar-refractivity contribution in [3.8, 4) is 0 Å². The lowest BCUT2D eigenvalue weighted by Gasteiger charge is -2.09. The summed E-state index contributed by atoms with van der Waals surface area (Å²) >= 11 is 0. The lowest BCUT2D eigenvalue weighted by atomic mass is 10.2. The van der Waals surface area contributed by atoms with E-state index in [9.17, 15) is 4.79 Å². The highest BCUT2D eigenvalue weighted by Crippen LogP contribution is 2.10. The molecule has 5 heteroatoms. The van der Waals surface area contributed by atoms with Gasteiger partial charge >= 0.3 is 6.09 Å². The molecule has 0 aromatic carbocycles. The minimum Gasteiger partial charge on any atom is -0.448 e. The Kier molecular flexibility index (Phi) is 4.56. The van der Waals surface area contributed by atoms with Crippen molar-refractivity contribution in [3.05, 3.63) is 0 Å². The fourth-order valence-electron chi connectivity index (χ4n) is 1.29. The molecule has 1 amide bonds. The summed E-state index contributed by atoms with van der Waals surface area (Å²) in [5.41, 5.74) is 4.78. The smallest absolute Gasteiger partial charge is 0.404 e. The molecular formula is C8H16N2O3. The molecule has 1 saturated heterocycles. The lowest BCUT2D eigenvalue weighted by molar-refractivity contribution is 0.107. The largest absolute Gasteiger partial charge is 0.448 e. The van der Waals surface area contributed by atoms with Crippen LogP contribution in [-0.4, -0.2) is 38.5 Å². The first kappa shape index (κ1) is 10.3. The van der Waals surface area contributed by atoms with Crippen LogP contribution in [0.4, 0.5) is 4.79 Å². The van der Waals surface area contributed by atoms with Crippen molar-refractivity contribution < 1.29 is 14.3 Å². The number of primary amides is 1. The van der Waals surface area contributed by atoms with E-state index in [1.165, 1.54) is 0 Å². The number of nitrogens with one attached hydrogen (secondary N) is 1. The van der Waals surface area contributed by atoms with Crippen LogP contribution in [0.25, 0.3) is 0 Å². The molecule has 1 atom stereocenters. The van der Waals surface area contributed by atoms with Crippen molar-refractivity contribution in [2.45, 2.75) is 18.9 Å². The summed E-state index contributed by atoms with van der Waals surface area (Å²) in [6.07, 6.45) is 1.86. The lowest BCUT2D eigenvalue weighted by Crippen LogP contribution is -2.30. The van der Waals surface area contributed by atoms with Gasteiger partial charge in [-0.1, -0.05) is 0 Å². The van der Waals surface area contributed by atoms with E-state index in [-0.39, 0.29) is 0 Å². The summed E-state index contributed by atoms with van der Waals surface area (Å²) in [6.45, 7) is 2.64. The van der Waals surface area contributed by atoms with Crippen LogP contribution in [0.5, 0.6) is 0 Å². The summed E-state index contributed by atoms with van der Waals surface area (Å²) in [7, 11) is 0. The zero-order chi connectivity index (χ0) is 9.52. The van der Waals surface area contributed by atoms with Crippen molar-refractivity contribution in [2.75, 3.05) is 26.3 Å². The second-order valence-corrected chi connectivity index (χ2v) is 3.01. The third kappa shape index (κ3) is 4.69. The monoisotopic (exact) mass is 188 g/mol. The third-order valence-corrected chi connectivity index (χ3v) is 1.92. The molecule has 1 unspecified atom stereocenters. The van der Waals surface area contributed by atoms with Crippen LogP contribution < -0.4 is 11.1 Å². The Hall–Kier alpha value is -0.810. The minimum atomic E-state index is -0.723. The van der Waals surface area contributed by atoms with E-state index in [0.717, 1.165) is 26.0 Å². The van der Waals surface area contributed by atoms with Crippen LogP contribution in [0.15, 0.2) is 0 Å². The van der Waals surface area contributed by atoms with E-state index in [1.54, 1.807) is 0 Å². The molecule has 0 saturated carbocycles. The first-order chi connectivity index (χ1) is 6.29. The molecule has 0 aromatic rings. The van der Waals surface area contributed by atoms with Gasteiger partial charge in [0.1, 0.15) is 6.61 Å². The van der Waals surface area contributed by atoms with E-state index in [4.69, 9.17) is 10.5 Å². The number of carbonyl (C=O) groups excluding carboxylic acids is 1. The molecule has 1 fully saturated rings. The molecule has 0 radical (unpaired) electrons. The molecule has 1 aliphatic rings. The number of rotatable bonds is 5. The SMILES string of the molecule is NC(=O)OCCNCC1CCCO1. The van der Waals surface area contributed by atoms with Gasteiger partial charge in [-0.2, -0.15) is 0 Å². The molecule has 13 heavy (non-hydrogen) atoms. The number of nitrogens with two attached hydrogens (primary N) is 1. The molecule has 0 aliphatic carbocycles. The van der Waals surface area contributed by atoms with Crippen LogP contribution in [0, 0.1) is 0 Å². The zero-order valence-electron chi connectivity index (χ0n) is 7.62. The molecule has 0 bridgehead atoms. The summed E-state index contributed by atoms with van der Waals surface area (Å²) in [5.74, 6) is 0. The molecule has 1 aliphatic heterocycles. The topological polar surface area (TPSA) is 73.6 Å². The van der Waals surface area contributed by atoms with Crippen molar-refractivity contribution in [1.82, 2.24) is 5.32 Å². The molecule has 1 rings (SSSR count). The van der Waals surface area contributed by atoms with Gasteiger partial charge in [0.15, 0.2) is 0 Å². The summed E-state index contributed by atoms with van der Waals surface area (Å²) < 4.78 is 9.93. The Labute approximate surface area is 77.6 Å². The van der Waals surface area contributed by atoms with Gasteiger partial charge in [0, 0.05) is 19.7 Å². The second kappa shape index (κ2) is 5.77. The first-order valence-corrected chi connectivity index (χ1v) is 4.53. The average molecular weight is 188 g/mol. The maximum atomic E-state index is 10.2. The number of amides is 1. The van der Waals surface area contributed by atoms with Gasteiger partial charge in [0.05, 0.1) is 6.10 Å². The quantitative estimate of drug-likeness (QED) is 0.588. The van der Waals surface area contributed by atoms with Gasteiger partial charge in [-0.05, 0) is 12.8 Å². The Morgan fingerprint density at radius 3 is 3.15 bits per heavy atom. The van der Waals surface area contributed by atoms with E-state index in [0.29, 0.717) is 19.3 Å². The molecule has 3 N–H and O–H groups in total. The molecule has 76 valence electrons. The Bertz CT molecular complexity index is 157. The molecule has 0 spiro atoms. The van der Waals surface area contributed by atoms with Crippen LogP contribution in [0.2, 0.25) is 0 Å². The number of hydrogen-bond acceptors (Lipinski definition) is 4. The van der Waals surface area contributed by atoms with Gasteiger partial charge in [0.25, 0.3) is 0 Å². The van der Waals surface area contributed by atoms with Crippen LogP contribution >= 0.6 is 0 Å². The Morgan fingerprint density at radius 2 is 2.54 bits per heavy atom. The number of hydrogen-bond donors (Lipinski definition) is 2. The van der Waals surface area contributed by atoms with E-state index in [1.807, 2.05) is 0 Å². The predicted octanol–water partition coefficient (Wildman–Crippen LogP) is -0.150. The third-order valence-electron chi connectivity index (χ3n) is 1.92. The van der Waals surface area contributed by atoms with Crippen LogP contribution in [0.1, 0.15) is 12.8 Å². The maximum absolute atomic E-state index is 10.2. The highest BCUT2D eigenvalue weighted by Gasteiger charge is 2.14. The van der Waals surface area contributed by atoms with Gasteiger partial charge in [-0.25, -0.2) is 4.79 Å². The van der Waals surface area contributed by atoms with Crippen molar-refractivity contribution in [3.63, 3.8) is 0 Å². The van der Waals surface area contributed by atoms with Crippen molar-refractivity contribution >= 4 is 6.09 Å². The van der Waals surface area contributed by atoms with Gasteiger partial charge in [-0.15, -0.1) is 0 Å². The van der Waals surface area contributed by atoms with Gasteiger partial charge < -0.3 is 20.5 Å². The Balaban J connectivity index is 1.86. The van der Waals surface area contributed by atoms with Crippen molar-refractivity contribution in [1.29, 1.82) is 0 Å². The second-order valence-electron chi connectivity index (χ2n) is 3.01. The standard InChI is InChI=1S/C8H16N2O3/c9-8(11)13-5-3-10-6-7-2-1-4-12-7/h7,10H,1-6H2,(H2,9,11). The normalized spacial score (nSPS) is 21.7.